The average Bonchev–Trinajstić information content (AvgIpc) is 3.54. The van der Waals surface area contributed by atoms with Crippen LogP contribution in [-0.2, 0) is 13.0 Å². The number of pyridine rings is 1. The fourth-order valence-corrected chi connectivity index (χ4v) is 4.73. The molecule has 0 unspecified atom stereocenters. The number of carbonyl (C=O) groups excluding carboxylic acids is 2. The maximum absolute atomic E-state index is 13.0. The molecule has 1 aliphatic rings. The number of amides is 3. The average molecular weight is 493 g/mol. The van der Waals surface area contributed by atoms with E-state index in [1.165, 1.54) is 29.7 Å². The summed E-state index contributed by atoms with van der Waals surface area (Å²) in [6.07, 6.45) is 4.88. The molecule has 0 bridgehead atoms. The number of anilines is 2. The highest BCUT2D eigenvalue weighted by molar-refractivity contribution is 7.09. The van der Waals surface area contributed by atoms with E-state index in [0.717, 1.165) is 31.6 Å². The van der Waals surface area contributed by atoms with Crippen molar-refractivity contribution >= 4 is 34.6 Å². The number of nitrogens with zero attached hydrogens (tertiary/aromatic N) is 3. The van der Waals surface area contributed by atoms with Crippen LogP contribution in [0, 0.1) is 0 Å². The van der Waals surface area contributed by atoms with Crippen LogP contribution in [0.25, 0.3) is 0 Å². The molecule has 0 aliphatic carbocycles. The molecule has 3 aromatic rings. The SMILES string of the molecule is Nc1cscc1NC(=O)c1ccc(CN(CCN2CCCC2)C(=O)NCCc2ccccc2)cn1. The second-order valence-electron chi connectivity index (χ2n) is 8.68. The van der Waals surface area contributed by atoms with Crippen LogP contribution in [0.5, 0.6) is 0 Å². The number of thiophene rings is 1. The topological polar surface area (TPSA) is 104 Å². The number of urea groups is 1. The Morgan fingerprint density at radius 2 is 1.86 bits per heavy atom. The molecule has 0 spiro atoms. The van der Waals surface area contributed by atoms with Crippen molar-refractivity contribution in [3.8, 4) is 0 Å². The molecule has 4 N–H and O–H groups in total. The smallest absolute Gasteiger partial charge is 0.317 e. The molecule has 0 atom stereocenters. The monoisotopic (exact) mass is 492 g/mol. The summed E-state index contributed by atoms with van der Waals surface area (Å²) in [5.74, 6) is -0.314. The first-order valence-corrected chi connectivity index (χ1v) is 12.9. The number of likely N-dealkylation sites (tertiary alicyclic amines) is 1. The van der Waals surface area contributed by atoms with Crippen LogP contribution in [0.2, 0.25) is 0 Å². The van der Waals surface area contributed by atoms with Crippen molar-refractivity contribution in [2.24, 2.45) is 0 Å². The molecule has 8 nitrogen and oxygen atoms in total. The Hall–Kier alpha value is -3.43. The van der Waals surface area contributed by atoms with Crippen LogP contribution in [0.15, 0.2) is 59.4 Å². The summed E-state index contributed by atoms with van der Waals surface area (Å²) in [6, 6.07) is 13.6. The van der Waals surface area contributed by atoms with Gasteiger partial charge in [-0.25, -0.2) is 4.79 Å². The number of nitrogens with one attached hydrogen (secondary N) is 2. The van der Waals surface area contributed by atoms with Gasteiger partial charge in [-0.1, -0.05) is 36.4 Å². The Labute approximate surface area is 210 Å². The third-order valence-electron chi connectivity index (χ3n) is 6.08. The predicted molar refractivity (Wildman–Crippen MR) is 141 cm³/mol. The fraction of sp³-hybridized carbons (Fsp3) is 0.346. The zero-order valence-corrected chi connectivity index (χ0v) is 20.6. The van der Waals surface area contributed by atoms with Crippen molar-refractivity contribution in [3.63, 3.8) is 0 Å². The molecule has 1 aliphatic heterocycles. The van der Waals surface area contributed by atoms with E-state index in [1.54, 1.807) is 23.0 Å². The van der Waals surface area contributed by atoms with Gasteiger partial charge in [-0.2, -0.15) is 0 Å². The lowest BCUT2D eigenvalue weighted by molar-refractivity contribution is 0.102. The van der Waals surface area contributed by atoms with Crippen molar-refractivity contribution < 1.29 is 9.59 Å². The van der Waals surface area contributed by atoms with Crippen molar-refractivity contribution in [1.29, 1.82) is 0 Å². The summed E-state index contributed by atoms with van der Waals surface area (Å²) in [6.45, 7) is 4.66. The highest BCUT2D eigenvalue weighted by Crippen LogP contribution is 2.23. The first-order valence-electron chi connectivity index (χ1n) is 12.0. The molecule has 2 aromatic heterocycles. The number of nitrogen functional groups attached to an aromatic ring is 1. The number of nitrogens with two attached hydrogens (primary N) is 1. The molecule has 1 aromatic carbocycles. The molecule has 1 fully saturated rings. The minimum Gasteiger partial charge on any atom is -0.396 e. The van der Waals surface area contributed by atoms with Gasteiger partial charge in [0.1, 0.15) is 5.69 Å². The predicted octanol–water partition coefficient (Wildman–Crippen LogP) is 3.83. The zero-order valence-electron chi connectivity index (χ0n) is 19.8. The Bertz CT molecular complexity index is 1100. The molecular weight excluding hydrogens is 460 g/mol. The molecule has 0 radical (unpaired) electrons. The molecule has 3 heterocycles. The lowest BCUT2D eigenvalue weighted by atomic mass is 10.1. The number of carbonyl (C=O) groups is 2. The summed E-state index contributed by atoms with van der Waals surface area (Å²) < 4.78 is 0. The fourth-order valence-electron chi connectivity index (χ4n) is 4.06. The van der Waals surface area contributed by atoms with E-state index in [0.29, 0.717) is 36.7 Å². The van der Waals surface area contributed by atoms with Gasteiger partial charge in [-0.3, -0.25) is 9.78 Å². The summed E-state index contributed by atoms with van der Waals surface area (Å²) >= 11 is 1.43. The van der Waals surface area contributed by atoms with E-state index in [4.69, 9.17) is 5.73 Å². The van der Waals surface area contributed by atoms with Crippen molar-refractivity contribution in [2.75, 3.05) is 43.8 Å². The summed E-state index contributed by atoms with van der Waals surface area (Å²) in [5.41, 5.74) is 9.33. The number of hydrogen-bond donors (Lipinski definition) is 3. The van der Waals surface area contributed by atoms with Gasteiger partial charge < -0.3 is 26.2 Å². The Morgan fingerprint density at radius 3 is 2.54 bits per heavy atom. The maximum atomic E-state index is 13.0. The zero-order chi connectivity index (χ0) is 24.5. The van der Waals surface area contributed by atoms with Gasteiger partial charge in [0.2, 0.25) is 0 Å². The van der Waals surface area contributed by atoms with Crippen LogP contribution in [0.3, 0.4) is 0 Å². The largest absolute Gasteiger partial charge is 0.396 e. The summed E-state index contributed by atoms with van der Waals surface area (Å²) in [7, 11) is 0. The van der Waals surface area contributed by atoms with Gasteiger partial charge in [-0.05, 0) is 49.5 Å². The van der Waals surface area contributed by atoms with Crippen LogP contribution in [0.4, 0.5) is 16.2 Å². The van der Waals surface area contributed by atoms with Crippen LogP contribution < -0.4 is 16.4 Å². The van der Waals surface area contributed by atoms with Gasteiger partial charge in [-0.15, -0.1) is 11.3 Å². The molecule has 9 heteroatoms. The Morgan fingerprint density at radius 1 is 1.06 bits per heavy atom. The molecule has 0 saturated carbocycles. The van der Waals surface area contributed by atoms with E-state index in [-0.39, 0.29) is 11.9 Å². The van der Waals surface area contributed by atoms with E-state index < -0.39 is 0 Å². The standard InChI is InChI=1S/C26H32N6O2S/c27-22-18-35-19-24(22)30-25(33)23-9-8-21(16-29-23)17-32(15-14-31-12-4-5-13-31)26(34)28-11-10-20-6-2-1-3-7-20/h1-3,6-9,16,18-19H,4-5,10-15,17,27H2,(H,28,34)(H,30,33). The van der Waals surface area contributed by atoms with E-state index in [9.17, 15) is 9.59 Å². The number of aromatic nitrogens is 1. The highest BCUT2D eigenvalue weighted by Gasteiger charge is 2.18. The second-order valence-corrected chi connectivity index (χ2v) is 9.43. The van der Waals surface area contributed by atoms with Crippen LogP contribution in [0.1, 0.15) is 34.5 Å². The highest BCUT2D eigenvalue weighted by atomic mass is 32.1. The van der Waals surface area contributed by atoms with Gasteiger partial charge in [0, 0.05) is 43.1 Å². The number of benzene rings is 1. The van der Waals surface area contributed by atoms with Gasteiger partial charge in [0.05, 0.1) is 11.4 Å². The third-order valence-corrected chi connectivity index (χ3v) is 6.84. The first-order chi connectivity index (χ1) is 17.1. The van der Waals surface area contributed by atoms with E-state index in [1.807, 2.05) is 29.2 Å². The number of rotatable bonds is 10. The normalized spacial score (nSPS) is 13.5. The minimum absolute atomic E-state index is 0.0881. The minimum atomic E-state index is -0.314. The van der Waals surface area contributed by atoms with Gasteiger partial charge in [0.15, 0.2) is 0 Å². The number of hydrogen-bond acceptors (Lipinski definition) is 6. The lowest BCUT2D eigenvalue weighted by Crippen LogP contribution is -2.43. The van der Waals surface area contributed by atoms with Crippen LogP contribution in [-0.4, -0.2) is 59.4 Å². The molecular formula is C26H32N6O2S. The molecule has 184 valence electrons. The van der Waals surface area contributed by atoms with Gasteiger partial charge in [0.25, 0.3) is 5.91 Å². The Balaban J connectivity index is 1.35. The van der Waals surface area contributed by atoms with E-state index in [2.05, 4.69) is 32.7 Å². The van der Waals surface area contributed by atoms with Crippen molar-refractivity contribution in [2.45, 2.75) is 25.8 Å². The van der Waals surface area contributed by atoms with E-state index >= 15 is 0 Å². The quantitative estimate of drug-likeness (QED) is 0.399. The Kier molecular flexibility index (Phi) is 8.69. The second kappa shape index (κ2) is 12.3. The van der Waals surface area contributed by atoms with Crippen molar-refractivity contribution in [1.82, 2.24) is 20.1 Å². The molecule has 4 rings (SSSR count). The molecule has 35 heavy (non-hydrogen) atoms. The molecule has 1 saturated heterocycles. The first kappa shape index (κ1) is 24.7. The third kappa shape index (κ3) is 7.27. The summed E-state index contributed by atoms with van der Waals surface area (Å²) in [5, 5.41) is 9.40. The lowest BCUT2D eigenvalue weighted by Gasteiger charge is -2.26. The maximum Gasteiger partial charge on any atom is 0.317 e. The van der Waals surface area contributed by atoms with Crippen LogP contribution >= 0.6 is 11.3 Å². The van der Waals surface area contributed by atoms with Gasteiger partial charge >= 0.3 is 6.03 Å². The molecule has 3 amide bonds. The summed E-state index contributed by atoms with van der Waals surface area (Å²) in [4.78, 5) is 34.1. The van der Waals surface area contributed by atoms with Crippen molar-refractivity contribution in [3.05, 3.63) is 76.2 Å².